The molecule has 13 heavy (non-hydrogen) atoms. The molecule has 0 N–H and O–H groups in total. The molecule has 1 rings (SSSR count). The van der Waals surface area contributed by atoms with E-state index in [1.807, 2.05) is 25.3 Å². The number of nitrogens with zero attached hydrogens (tertiary/aromatic N) is 2. The number of allylic oxidation sites excluding steroid dienone is 1. The maximum atomic E-state index is 4.21. The topological polar surface area (TPSA) is 25.2 Å². The number of hydrogen-bond donors (Lipinski definition) is 0. The lowest BCUT2D eigenvalue weighted by Gasteiger charge is -1.98. The standard InChI is InChI=1S/C11H12N2/c1-4-12-8-10(3)11-6-5-9(2)7-13-11/h4-8H,1,3H2,2H3. The van der Waals surface area contributed by atoms with Gasteiger partial charge in [0.1, 0.15) is 0 Å². The molecule has 0 atom stereocenters. The minimum atomic E-state index is 0.792. The Morgan fingerprint density at radius 2 is 2.31 bits per heavy atom. The van der Waals surface area contributed by atoms with Gasteiger partial charge in [-0.25, -0.2) is 0 Å². The van der Waals surface area contributed by atoms with Gasteiger partial charge in [-0.05, 0) is 18.6 Å². The third-order valence-corrected chi connectivity index (χ3v) is 1.58. The fraction of sp³-hybridized carbons (Fsp3) is 0.0909. The molecule has 0 amide bonds. The van der Waals surface area contributed by atoms with Crippen molar-refractivity contribution in [2.24, 2.45) is 4.99 Å². The first kappa shape index (κ1) is 9.39. The third-order valence-electron chi connectivity index (χ3n) is 1.58. The maximum Gasteiger partial charge on any atom is 0.0711 e. The van der Waals surface area contributed by atoms with Crippen LogP contribution >= 0.6 is 0 Å². The zero-order valence-corrected chi connectivity index (χ0v) is 7.70. The van der Waals surface area contributed by atoms with E-state index in [4.69, 9.17) is 0 Å². The molecule has 0 spiro atoms. The molecule has 2 nitrogen and oxygen atoms in total. The molecule has 0 saturated carbocycles. The normalized spacial score (nSPS) is 10.2. The third kappa shape index (κ3) is 2.67. The molecular formula is C11H12N2. The van der Waals surface area contributed by atoms with Crippen LogP contribution in [0.2, 0.25) is 0 Å². The molecule has 1 aromatic heterocycles. The molecule has 0 aliphatic rings. The maximum absolute atomic E-state index is 4.21. The van der Waals surface area contributed by atoms with Crippen LogP contribution in [0, 0.1) is 6.92 Å². The molecule has 0 bridgehead atoms. The number of aromatic nitrogens is 1. The van der Waals surface area contributed by atoms with E-state index in [2.05, 4.69) is 23.1 Å². The predicted octanol–water partition coefficient (Wildman–Crippen LogP) is 2.62. The molecule has 66 valence electrons. The van der Waals surface area contributed by atoms with Gasteiger partial charge in [0.25, 0.3) is 0 Å². The molecule has 0 aliphatic heterocycles. The Hall–Kier alpha value is -1.70. The van der Waals surface area contributed by atoms with Crippen molar-refractivity contribution in [1.29, 1.82) is 0 Å². The Balaban J connectivity index is 2.83. The SMILES string of the molecule is C=CN=CC(=C)c1ccc(C)cn1. The van der Waals surface area contributed by atoms with Crippen molar-refractivity contribution in [2.45, 2.75) is 6.92 Å². The second-order valence-electron chi connectivity index (χ2n) is 2.71. The Bertz CT molecular complexity index is 334. The van der Waals surface area contributed by atoms with Crippen LogP contribution < -0.4 is 0 Å². The van der Waals surface area contributed by atoms with Crippen LogP contribution in [0.25, 0.3) is 5.57 Å². The molecule has 1 aromatic rings. The summed E-state index contributed by atoms with van der Waals surface area (Å²) in [4.78, 5) is 8.08. The van der Waals surface area contributed by atoms with Gasteiger partial charge in [0.15, 0.2) is 0 Å². The monoisotopic (exact) mass is 172 g/mol. The summed E-state index contributed by atoms with van der Waals surface area (Å²) in [7, 11) is 0. The lowest BCUT2D eigenvalue weighted by atomic mass is 10.2. The average Bonchev–Trinajstić information content (AvgIpc) is 2.15. The number of rotatable bonds is 3. The Labute approximate surface area is 78.4 Å². The first-order valence-corrected chi connectivity index (χ1v) is 4.00. The van der Waals surface area contributed by atoms with Crippen LogP contribution in [-0.2, 0) is 0 Å². The van der Waals surface area contributed by atoms with E-state index in [0.717, 1.165) is 16.8 Å². The van der Waals surface area contributed by atoms with Crippen molar-refractivity contribution in [3.8, 4) is 0 Å². The van der Waals surface area contributed by atoms with E-state index in [9.17, 15) is 0 Å². The van der Waals surface area contributed by atoms with Crippen LogP contribution in [0.1, 0.15) is 11.3 Å². The molecule has 2 heteroatoms. The van der Waals surface area contributed by atoms with Crippen molar-refractivity contribution in [3.63, 3.8) is 0 Å². The lowest BCUT2D eigenvalue weighted by Crippen LogP contribution is -1.88. The fourth-order valence-corrected chi connectivity index (χ4v) is 0.867. The van der Waals surface area contributed by atoms with Gasteiger partial charge in [-0.15, -0.1) is 0 Å². The highest BCUT2D eigenvalue weighted by Gasteiger charge is 1.95. The first-order valence-electron chi connectivity index (χ1n) is 4.00. The highest BCUT2D eigenvalue weighted by molar-refractivity contribution is 6.08. The zero-order chi connectivity index (χ0) is 9.68. The second kappa shape index (κ2) is 4.36. The molecule has 0 aliphatic carbocycles. The summed E-state index contributed by atoms with van der Waals surface area (Å²) < 4.78 is 0. The predicted molar refractivity (Wildman–Crippen MR) is 56.7 cm³/mol. The summed E-state index contributed by atoms with van der Waals surface area (Å²) in [5.41, 5.74) is 2.77. The molecular weight excluding hydrogens is 160 g/mol. The number of hydrogen-bond acceptors (Lipinski definition) is 2. The Morgan fingerprint density at radius 1 is 1.54 bits per heavy atom. The molecule has 0 unspecified atom stereocenters. The molecule has 0 aromatic carbocycles. The van der Waals surface area contributed by atoms with E-state index in [1.165, 1.54) is 6.20 Å². The summed E-state index contributed by atoms with van der Waals surface area (Å²) in [6, 6.07) is 3.92. The summed E-state index contributed by atoms with van der Waals surface area (Å²) in [6.45, 7) is 9.31. The zero-order valence-electron chi connectivity index (χ0n) is 7.70. The van der Waals surface area contributed by atoms with Crippen LogP contribution in [-0.4, -0.2) is 11.2 Å². The van der Waals surface area contributed by atoms with E-state index in [0.29, 0.717) is 0 Å². The minimum absolute atomic E-state index is 0.792. The molecule has 0 fully saturated rings. The Kier molecular flexibility index (Phi) is 3.15. The van der Waals surface area contributed by atoms with Crippen LogP contribution in [0.3, 0.4) is 0 Å². The van der Waals surface area contributed by atoms with Gasteiger partial charge in [-0.1, -0.05) is 19.2 Å². The van der Waals surface area contributed by atoms with Gasteiger partial charge in [0, 0.05) is 24.2 Å². The Morgan fingerprint density at radius 3 is 2.85 bits per heavy atom. The largest absolute Gasteiger partial charge is 0.265 e. The van der Waals surface area contributed by atoms with Crippen LogP contribution in [0.15, 0.2) is 42.7 Å². The van der Waals surface area contributed by atoms with Crippen molar-refractivity contribution in [2.75, 3.05) is 0 Å². The number of aliphatic imine (C=N–C) groups is 1. The van der Waals surface area contributed by atoms with Crippen molar-refractivity contribution >= 4 is 11.8 Å². The molecule has 0 radical (unpaired) electrons. The van der Waals surface area contributed by atoms with E-state index in [1.54, 1.807) is 6.21 Å². The minimum Gasteiger partial charge on any atom is -0.265 e. The number of aryl methyl sites for hydroxylation is 1. The van der Waals surface area contributed by atoms with Gasteiger partial charge < -0.3 is 0 Å². The van der Waals surface area contributed by atoms with Gasteiger partial charge >= 0.3 is 0 Å². The van der Waals surface area contributed by atoms with Gasteiger partial charge in [0.2, 0.25) is 0 Å². The summed E-state index contributed by atoms with van der Waals surface area (Å²) in [6.07, 6.45) is 4.92. The summed E-state index contributed by atoms with van der Waals surface area (Å²) in [5, 5.41) is 0. The fourth-order valence-electron chi connectivity index (χ4n) is 0.867. The van der Waals surface area contributed by atoms with Crippen LogP contribution in [0.4, 0.5) is 0 Å². The first-order chi connectivity index (χ1) is 6.24. The average molecular weight is 172 g/mol. The van der Waals surface area contributed by atoms with Crippen molar-refractivity contribution in [3.05, 3.63) is 48.9 Å². The highest BCUT2D eigenvalue weighted by Crippen LogP contribution is 2.07. The van der Waals surface area contributed by atoms with Gasteiger partial charge in [0.05, 0.1) is 5.69 Å². The van der Waals surface area contributed by atoms with Crippen molar-refractivity contribution < 1.29 is 0 Å². The number of pyridine rings is 1. The van der Waals surface area contributed by atoms with Crippen LogP contribution in [0.5, 0.6) is 0 Å². The van der Waals surface area contributed by atoms with Gasteiger partial charge in [-0.2, -0.15) is 0 Å². The lowest BCUT2D eigenvalue weighted by molar-refractivity contribution is 1.24. The quantitative estimate of drug-likeness (QED) is 0.643. The highest BCUT2D eigenvalue weighted by atomic mass is 14.7. The summed E-state index contributed by atoms with van der Waals surface area (Å²) in [5.74, 6) is 0. The van der Waals surface area contributed by atoms with E-state index < -0.39 is 0 Å². The second-order valence-corrected chi connectivity index (χ2v) is 2.71. The molecule has 0 saturated heterocycles. The van der Waals surface area contributed by atoms with Gasteiger partial charge in [-0.3, -0.25) is 9.98 Å². The van der Waals surface area contributed by atoms with E-state index >= 15 is 0 Å². The molecule has 1 heterocycles. The smallest absolute Gasteiger partial charge is 0.0711 e. The van der Waals surface area contributed by atoms with E-state index in [-0.39, 0.29) is 0 Å². The van der Waals surface area contributed by atoms with Crippen molar-refractivity contribution in [1.82, 2.24) is 4.98 Å². The summed E-state index contributed by atoms with van der Waals surface area (Å²) >= 11 is 0.